The van der Waals surface area contributed by atoms with E-state index in [1.54, 1.807) is 0 Å². The fourth-order valence-electron chi connectivity index (χ4n) is 2.57. The van der Waals surface area contributed by atoms with Crippen molar-refractivity contribution in [1.82, 2.24) is 0 Å². The van der Waals surface area contributed by atoms with E-state index in [4.69, 9.17) is 4.74 Å². The SMILES string of the molecule is Cc1cc(OCC(=O)Nc2ccc(N(C)C)cc2)ccc1C(C)C. The molecule has 0 aliphatic carbocycles. The lowest BCUT2D eigenvalue weighted by molar-refractivity contribution is -0.118. The standard InChI is InChI=1S/C20H26N2O2/c1-14(2)19-11-10-18(12-15(19)3)24-13-20(23)21-16-6-8-17(9-7-16)22(4)5/h6-12,14H,13H2,1-5H3,(H,21,23). The summed E-state index contributed by atoms with van der Waals surface area (Å²) in [5, 5.41) is 2.84. The van der Waals surface area contributed by atoms with Gasteiger partial charge in [-0.05, 0) is 60.4 Å². The molecule has 1 N–H and O–H groups in total. The maximum atomic E-state index is 12.0. The highest BCUT2D eigenvalue weighted by molar-refractivity contribution is 5.92. The lowest BCUT2D eigenvalue weighted by Crippen LogP contribution is -2.20. The molecule has 2 aromatic rings. The van der Waals surface area contributed by atoms with Crippen LogP contribution in [-0.4, -0.2) is 26.6 Å². The van der Waals surface area contributed by atoms with E-state index in [0.29, 0.717) is 5.92 Å². The number of carbonyl (C=O) groups is 1. The summed E-state index contributed by atoms with van der Waals surface area (Å²) in [6.07, 6.45) is 0. The van der Waals surface area contributed by atoms with Gasteiger partial charge in [0.15, 0.2) is 6.61 Å². The second-order valence-corrected chi connectivity index (χ2v) is 6.45. The van der Waals surface area contributed by atoms with Crippen molar-refractivity contribution in [3.05, 3.63) is 53.6 Å². The Labute approximate surface area is 144 Å². The van der Waals surface area contributed by atoms with E-state index >= 15 is 0 Å². The minimum absolute atomic E-state index is 0.00407. The number of carbonyl (C=O) groups excluding carboxylic acids is 1. The average Bonchev–Trinajstić information content (AvgIpc) is 2.53. The molecule has 0 aromatic heterocycles. The number of ether oxygens (including phenoxy) is 1. The molecule has 0 saturated heterocycles. The summed E-state index contributed by atoms with van der Waals surface area (Å²) in [4.78, 5) is 14.0. The van der Waals surface area contributed by atoms with Gasteiger partial charge < -0.3 is 15.0 Å². The van der Waals surface area contributed by atoms with E-state index < -0.39 is 0 Å². The Hall–Kier alpha value is -2.49. The van der Waals surface area contributed by atoms with Gasteiger partial charge in [0.05, 0.1) is 0 Å². The molecule has 0 fully saturated rings. The molecule has 0 aliphatic heterocycles. The molecule has 0 aliphatic rings. The monoisotopic (exact) mass is 326 g/mol. The number of anilines is 2. The lowest BCUT2D eigenvalue weighted by Gasteiger charge is -2.14. The zero-order chi connectivity index (χ0) is 17.7. The van der Waals surface area contributed by atoms with Crippen molar-refractivity contribution in [1.29, 1.82) is 0 Å². The third-order valence-electron chi connectivity index (χ3n) is 3.90. The molecule has 2 aromatic carbocycles. The molecule has 0 bridgehead atoms. The van der Waals surface area contributed by atoms with Crippen LogP contribution in [0, 0.1) is 6.92 Å². The number of aryl methyl sites for hydroxylation is 1. The maximum absolute atomic E-state index is 12.0. The van der Waals surface area contributed by atoms with Gasteiger partial charge in [-0.1, -0.05) is 19.9 Å². The van der Waals surface area contributed by atoms with E-state index in [0.717, 1.165) is 17.1 Å². The highest BCUT2D eigenvalue weighted by atomic mass is 16.5. The van der Waals surface area contributed by atoms with E-state index in [9.17, 15) is 4.79 Å². The van der Waals surface area contributed by atoms with Crippen molar-refractivity contribution in [3.8, 4) is 5.75 Å². The van der Waals surface area contributed by atoms with Gasteiger partial charge in [0.1, 0.15) is 5.75 Å². The van der Waals surface area contributed by atoms with Gasteiger partial charge in [0.2, 0.25) is 0 Å². The maximum Gasteiger partial charge on any atom is 0.262 e. The van der Waals surface area contributed by atoms with Crippen LogP contribution in [0.5, 0.6) is 5.75 Å². The minimum atomic E-state index is -0.168. The van der Waals surface area contributed by atoms with E-state index in [-0.39, 0.29) is 12.5 Å². The Morgan fingerprint density at radius 3 is 2.33 bits per heavy atom. The first-order valence-corrected chi connectivity index (χ1v) is 8.17. The van der Waals surface area contributed by atoms with E-state index in [2.05, 4.69) is 32.2 Å². The number of hydrogen-bond acceptors (Lipinski definition) is 3. The molecule has 0 saturated carbocycles. The number of amides is 1. The largest absolute Gasteiger partial charge is 0.484 e. The zero-order valence-corrected chi connectivity index (χ0v) is 15.1. The van der Waals surface area contributed by atoms with Crippen molar-refractivity contribution in [2.75, 3.05) is 30.9 Å². The molecular formula is C20H26N2O2. The molecule has 2 rings (SSSR count). The smallest absolute Gasteiger partial charge is 0.262 e. The minimum Gasteiger partial charge on any atom is -0.484 e. The van der Waals surface area contributed by atoms with Crippen LogP contribution in [-0.2, 0) is 4.79 Å². The first kappa shape index (κ1) is 17.9. The van der Waals surface area contributed by atoms with Crippen molar-refractivity contribution in [2.24, 2.45) is 0 Å². The van der Waals surface area contributed by atoms with Crippen molar-refractivity contribution < 1.29 is 9.53 Å². The molecule has 128 valence electrons. The van der Waals surface area contributed by atoms with Crippen LogP contribution < -0.4 is 15.0 Å². The van der Waals surface area contributed by atoms with Gasteiger partial charge in [-0.15, -0.1) is 0 Å². The Kier molecular flexibility index (Phi) is 5.85. The summed E-state index contributed by atoms with van der Waals surface area (Å²) in [7, 11) is 3.96. The summed E-state index contributed by atoms with van der Waals surface area (Å²) in [6, 6.07) is 13.7. The Morgan fingerprint density at radius 1 is 1.12 bits per heavy atom. The second-order valence-electron chi connectivity index (χ2n) is 6.45. The van der Waals surface area contributed by atoms with Gasteiger partial charge in [-0.25, -0.2) is 0 Å². The lowest BCUT2D eigenvalue weighted by atomic mass is 9.98. The fourth-order valence-corrected chi connectivity index (χ4v) is 2.57. The highest BCUT2D eigenvalue weighted by Crippen LogP contribution is 2.23. The van der Waals surface area contributed by atoms with Gasteiger partial charge >= 0.3 is 0 Å². The van der Waals surface area contributed by atoms with Crippen LogP contribution >= 0.6 is 0 Å². The molecule has 24 heavy (non-hydrogen) atoms. The summed E-state index contributed by atoms with van der Waals surface area (Å²) in [5.41, 5.74) is 4.33. The predicted molar refractivity (Wildman–Crippen MR) is 100 cm³/mol. The number of nitrogens with one attached hydrogen (secondary N) is 1. The molecule has 1 amide bonds. The van der Waals surface area contributed by atoms with Crippen molar-refractivity contribution >= 4 is 17.3 Å². The first-order chi connectivity index (χ1) is 11.4. The quantitative estimate of drug-likeness (QED) is 0.865. The molecule has 0 radical (unpaired) electrons. The summed E-state index contributed by atoms with van der Waals surface area (Å²) < 4.78 is 5.60. The third kappa shape index (κ3) is 4.75. The number of benzene rings is 2. The van der Waals surface area contributed by atoms with Crippen LogP contribution in [0.15, 0.2) is 42.5 Å². The fraction of sp³-hybridized carbons (Fsp3) is 0.350. The van der Waals surface area contributed by atoms with E-state index in [1.165, 1.54) is 11.1 Å². The summed E-state index contributed by atoms with van der Waals surface area (Å²) >= 11 is 0. The molecule has 0 atom stereocenters. The molecule has 0 heterocycles. The van der Waals surface area contributed by atoms with Crippen LogP contribution in [0.1, 0.15) is 30.9 Å². The van der Waals surface area contributed by atoms with Crippen LogP contribution in [0.3, 0.4) is 0 Å². The van der Waals surface area contributed by atoms with Gasteiger partial charge in [-0.3, -0.25) is 4.79 Å². The zero-order valence-electron chi connectivity index (χ0n) is 15.1. The predicted octanol–water partition coefficient (Wildman–Crippen LogP) is 4.20. The topological polar surface area (TPSA) is 41.6 Å². The summed E-state index contributed by atoms with van der Waals surface area (Å²) in [6.45, 7) is 6.39. The number of nitrogens with zero attached hydrogens (tertiary/aromatic N) is 1. The van der Waals surface area contributed by atoms with Gasteiger partial charge in [0.25, 0.3) is 5.91 Å². The highest BCUT2D eigenvalue weighted by Gasteiger charge is 2.07. The first-order valence-electron chi connectivity index (χ1n) is 8.17. The Balaban J connectivity index is 1.90. The van der Waals surface area contributed by atoms with Crippen LogP contribution in [0.25, 0.3) is 0 Å². The summed E-state index contributed by atoms with van der Waals surface area (Å²) in [5.74, 6) is 1.03. The van der Waals surface area contributed by atoms with Gasteiger partial charge in [0, 0.05) is 25.5 Å². The molecular weight excluding hydrogens is 300 g/mol. The van der Waals surface area contributed by atoms with E-state index in [1.807, 2.05) is 55.4 Å². The average molecular weight is 326 g/mol. The normalized spacial score (nSPS) is 10.6. The van der Waals surface area contributed by atoms with Crippen LogP contribution in [0.2, 0.25) is 0 Å². The van der Waals surface area contributed by atoms with Crippen LogP contribution in [0.4, 0.5) is 11.4 Å². The molecule has 4 nitrogen and oxygen atoms in total. The van der Waals surface area contributed by atoms with Gasteiger partial charge in [-0.2, -0.15) is 0 Å². The third-order valence-corrected chi connectivity index (χ3v) is 3.90. The Morgan fingerprint density at radius 2 is 1.79 bits per heavy atom. The number of hydrogen-bond donors (Lipinski definition) is 1. The molecule has 4 heteroatoms. The molecule has 0 spiro atoms. The second kappa shape index (κ2) is 7.86. The van der Waals surface area contributed by atoms with Crippen molar-refractivity contribution in [3.63, 3.8) is 0 Å². The van der Waals surface area contributed by atoms with Crippen molar-refractivity contribution in [2.45, 2.75) is 26.7 Å². The molecule has 0 unspecified atom stereocenters. The number of rotatable bonds is 6. The Bertz CT molecular complexity index is 691.